The van der Waals surface area contributed by atoms with Crippen molar-refractivity contribution in [2.45, 2.75) is 19.9 Å². The van der Waals surface area contributed by atoms with Gasteiger partial charge in [-0.1, -0.05) is 6.07 Å². The summed E-state index contributed by atoms with van der Waals surface area (Å²) in [5.74, 6) is -0.366. The van der Waals surface area contributed by atoms with Gasteiger partial charge in [0.2, 0.25) is 5.91 Å². The molecule has 1 fully saturated rings. The van der Waals surface area contributed by atoms with Crippen LogP contribution in [0.5, 0.6) is 0 Å². The number of nitro groups is 1. The van der Waals surface area contributed by atoms with E-state index in [4.69, 9.17) is 10.5 Å². The van der Waals surface area contributed by atoms with Gasteiger partial charge in [-0.2, -0.15) is 0 Å². The van der Waals surface area contributed by atoms with Crippen LogP contribution in [0.3, 0.4) is 0 Å². The smallest absolute Gasteiger partial charge is 0.293 e. The Morgan fingerprint density at radius 1 is 1.60 bits per heavy atom. The van der Waals surface area contributed by atoms with Crippen LogP contribution in [-0.4, -0.2) is 30.1 Å². The number of rotatable bonds is 3. The lowest BCUT2D eigenvalue weighted by Gasteiger charge is -2.25. The standard InChI is InChI=1S/C13H17N3O4/c1-8-3-4-9(10(5-8)16(18)19)15-12(17)13(2)7-20-6-11(13)14/h3-5,11H,6-7,14H2,1-2H3,(H,15,17). The Bertz CT molecular complexity index is 561. The third kappa shape index (κ3) is 2.50. The van der Waals surface area contributed by atoms with Gasteiger partial charge in [-0.25, -0.2) is 0 Å². The number of nitrogens with two attached hydrogens (primary N) is 1. The van der Waals surface area contributed by atoms with E-state index in [9.17, 15) is 14.9 Å². The molecule has 2 unspecified atom stereocenters. The number of ether oxygens (including phenoxy) is 1. The van der Waals surface area contributed by atoms with E-state index >= 15 is 0 Å². The van der Waals surface area contributed by atoms with Crippen molar-refractivity contribution in [3.8, 4) is 0 Å². The molecule has 1 amide bonds. The third-order valence-corrected chi connectivity index (χ3v) is 3.63. The molecule has 20 heavy (non-hydrogen) atoms. The number of anilines is 1. The van der Waals surface area contributed by atoms with Gasteiger partial charge in [0.1, 0.15) is 5.69 Å². The Morgan fingerprint density at radius 3 is 2.85 bits per heavy atom. The molecule has 0 saturated carbocycles. The monoisotopic (exact) mass is 279 g/mol. The number of amides is 1. The number of benzene rings is 1. The molecule has 1 heterocycles. The maximum absolute atomic E-state index is 12.3. The van der Waals surface area contributed by atoms with Gasteiger partial charge in [-0.15, -0.1) is 0 Å². The SMILES string of the molecule is Cc1ccc(NC(=O)C2(C)COCC2N)c([N+](=O)[O-])c1. The van der Waals surface area contributed by atoms with Gasteiger partial charge in [-0.05, 0) is 25.5 Å². The van der Waals surface area contributed by atoms with E-state index in [0.29, 0.717) is 6.61 Å². The molecule has 1 aromatic rings. The summed E-state index contributed by atoms with van der Waals surface area (Å²) in [6.07, 6.45) is 0. The summed E-state index contributed by atoms with van der Waals surface area (Å²) in [5.41, 5.74) is 5.79. The van der Waals surface area contributed by atoms with Crippen LogP contribution >= 0.6 is 0 Å². The largest absolute Gasteiger partial charge is 0.379 e. The first kappa shape index (κ1) is 14.4. The molecule has 0 aromatic heterocycles. The van der Waals surface area contributed by atoms with Crippen LogP contribution in [0.4, 0.5) is 11.4 Å². The number of aryl methyl sites for hydroxylation is 1. The van der Waals surface area contributed by atoms with Gasteiger partial charge in [-0.3, -0.25) is 14.9 Å². The van der Waals surface area contributed by atoms with Gasteiger partial charge in [0.25, 0.3) is 5.69 Å². The van der Waals surface area contributed by atoms with Gasteiger partial charge in [0.05, 0.1) is 23.6 Å². The van der Waals surface area contributed by atoms with Crippen LogP contribution in [0, 0.1) is 22.5 Å². The van der Waals surface area contributed by atoms with E-state index in [1.807, 2.05) is 0 Å². The average molecular weight is 279 g/mol. The summed E-state index contributed by atoms with van der Waals surface area (Å²) in [5, 5.41) is 13.6. The molecule has 7 heteroatoms. The predicted octanol–water partition coefficient (Wildman–Crippen LogP) is 1.21. The zero-order chi connectivity index (χ0) is 14.9. The van der Waals surface area contributed by atoms with Crippen LogP contribution in [0.25, 0.3) is 0 Å². The Balaban J connectivity index is 2.26. The number of nitrogens with one attached hydrogen (secondary N) is 1. The molecule has 3 N–H and O–H groups in total. The van der Waals surface area contributed by atoms with Gasteiger partial charge in [0, 0.05) is 12.1 Å². The second kappa shape index (κ2) is 5.18. The maximum atomic E-state index is 12.3. The predicted molar refractivity (Wildman–Crippen MR) is 73.4 cm³/mol. The highest BCUT2D eigenvalue weighted by Crippen LogP contribution is 2.31. The highest BCUT2D eigenvalue weighted by atomic mass is 16.6. The fourth-order valence-electron chi connectivity index (χ4n) is 2.09. The quantitative estimate of drug-likeness (QED) is 0.638. The third-order valence-electron chi connectivity index (χ3n) is 3.63. The lowest BCUT2D eigenvalue weighted by molar-refractivity contribution is -0.384. The van der Waals surface area contributed by atoms with Crippen molar-refractivity contribution in [3.63, 3.8) is 0 Å². The van der Waals surface area contributed by atoms with E-state index < -0.39 is 16.4 Å². The fourth-order valence-corrected chi connectivity index (χ4v) is 2.09. The first-order valence-corrected chi connectivity index (χ1v) is 6.24. The molecule has 0 bridgehead atoms. The lowest BCUT2D eigenvalue weighted by atomic mass is 9.85. The Kier molecular flexibility index (Phi) is 3.74. The minimum atomic E-state index is -0.876. The Hall–Kier alpha value is -1.99. The minimum Gasteiger partial charge on any atom is -0.379 e. The van der Waals surface area contributed by atoms with Crippen LogP contribution in [0.15, 0.2) is 18.2 Å². The zero-order valence-corrected chi connectivity index (χ0v) is 11.4. The van der Waals surface area contributed by atoms with Crippen molar-refractivity contribution in [2.24, 2.45) is 11.1 Å². The molecule has 0 aliphatic carbocycles. The summed E-state index contributed by atoms with van der Waals surface area (Å²) in [6, 6.07) is 4.22. The van der Waals surface area contributed by atoms with Crippen LogP contribution in [0.2, 0.25) is 0 Å². The van der Waals surface area contributed by atoms with Gasteiger partial charge in [0.15, 0.2) is 0 Å². The molecule has 108 valence electrons. The zero-order valence-electron chi connectivity index (χ0n) is 11.4. The molecule has 7 nitrogen and oxygen atoms in total. The first-order valence-electron chi connectivity index (χ1n) is 6.24. The summed E-state index contributed by atoms with van der Waals surface area (Å²) >= 11 is 0. The van der Waals surface area contributed by atoms with E-state index in [1.165, 1.54) is 12.1 Å². The number of carbonyl (C=O) groups excluding carboxylic acids is 1. The summed E-state index contributed by atoms with van der Waals surface area (Å²) in [7, 11) is 0. The summed E-state index contributed by atoms with van der Waals surface area (Å²) in [6.45, 7) is 3.96. The second-order valence-corrected chi connectivity index (χ2v) is 5.27. The van der Waals surface area contributed by atoms with Crippen molar-refractivity contribution in [1.29, 1.82) is 0 Å². The van der Waals surface area contributed by atoms with Crippen LogP contribution in [-0.2, 0) is 9.53 Å². The highest BCUT2D eigenvalue weighted by Gasteiger charge is 2.44. The number of nitrogens with zero attached hydrogens (tertiary/aromatic N) is 1. The molecule has 1 aliphatic rings. The van der Waals surface area contributed by atoms with Crippen molar-refractivity contribution in [3.05, 3.63) is 33.9 Å². The van der Waals surface area contributed by atoms with Gasteiger partial charge >= 0.3 is 0 Å². The maximum Gasteiger partial charge on any atom is 0.293 e. The normalized spacial score (nSPS) is 25.4. The summed E-state index contributed by atoms with van der Waals surface area (Å²) in [4.78, 5) is 22.8. The van der Waals surface area contributed by atoms with Crippen molar-refractivity contribution in [2.75, 3.05) is 18.5 Å². The Labute approximate surface area is 116 Å². The van der Waals surface area contributed by atoms with E-state index in [2.05, 4.69) is 5.32 Å². The molecule has 0 radical (unpaired) electrons. The molecule has 2 rings (SSSR count). The van der Waals surface area contributed by atoms with E-state index in [1.54, 1.807) is 19.9 Å². The van der Waals surface area contributed by atoms with Crippen molar-refractivity contribution >= 4 is 17.3 Å². The Morgan fingerprint density at radius 2 is 2.30 bits per heavy atom. The molecular formula is C13H17N3O4. The molecule has 1 saturated heterocycles. The molecule has 2 atom stereocenters. The number of hydrogen-bond donors (Lipinski definition) is 2. The van der Waals surface area contributed by atoms with Crippen LogP contribution < -0.4 is 11.1 Å². The van der Waals surface area contributed by atoms with Crippen molar-refractivity contribution < 1.29 is 14.5 Å². The van der Waals surface area contributed by atoms with Crippen LogP contribution in [0.1, 0.15) is 12.5 Å². The van der Waals surface area contributed by atoms with E-state index in [-0.39, 0.29) is 23.9 Å². The molecule has 1 aromatic carbocycles. The fraction of sp³-hybridized carbons (Fsp3) is 0.462. The number of carbonyl (C=O) groups is 1. The lowest BCUT2D eigenvalue weighted by Crippen LogP contribution is -2.47. The molecule has 1 aliphatic heterocycles. The molecule has 0 spiro atoms. The second-order valence-electron chi connectivity index (χ2n) is 5.27. The number of hydrogen-bond acceptors (Lipinski definition) is 5. The topological polar surface area (TPSA) is 107 Å². The van der Waals surface area contributed by atoms with Crippen molar-refractivity contribution in [1.82, 2.24) is 0 Å². The van der Waals surface area contributed by atoms with Gasteiger partial charge < -0.3 is 15.8 Å². The van der Waals surface area contributed by atoms with E-state index in [0.717, 1.165) is 5.56 Å². The summed E-state index contributed by atoms with van der Waals surface area (Å²) < 4.78 is 5.21. The minimum absolute atomic E-state index is 0.130. The molecular weight excluding hydrogens is 262 g/mol. The highest BCUT2D eigenvalue weighted by molar-refractivity contribution is 5.97. The average Bonchev–Trinajstić information content (AvgIpc) is 2.73. The number of nitro benzene ring substituents is 1. The first-order chi connectivity index (χ1) is 9.34.